The maximum atomic E-state index is 15.1. The Bertz CT molecular complexity index is 1350. The van der Waals surface area contributed by atoms with Crippen LogP contribution in [0.15, 0.2) is 55.1 Å². The molecule has 0 unspecified atom stereocenters. The Morgan fingerprint density at radius 3 is 2.51 bits per heavy atom. The first kappa shape index (κ1) is 21.9. The van der Waals surface area contributed by atoms with Gasteiger partial charge in [-0.2, -0.15) is 0 Å². The lowest BCUT2D eigenvalue weighted by Crippen LogP contribution is -2.36. The number of rotatable bonds is 5. The average molecular weight is 471 g/mol. The molecule has 2 saturated heterocycles. The predicted molar refractivity (Wildman–Crippen MR) is 134 cm³/mol. The first-order valence-electron chi connectivity index (χ1n) is 12.2. The van der Waals surface area contributed by atoms with Gasteiger partial charge in [0.1, 0.15) is 12.1 Å². The summed E-state index contributed by atoms with van der Waals surface area (Å²) in [7, 11) is 0. The molecule has 0 saturated carbocycles. The quantitative estimate of drug-likeness (QED) is 0.432. The van der Waals surface area contributed by atoms with Crippen LogP contribution in [0.5, 0.6) is 0 Å². The number of nitrogens with zero attached hydrogens (tertiary/aromatic N) is 6. The molecular weight excluding hydrogens is 443 g/mol. The summed E-state index contributed by atoms with van der Waals surface area (Å²) in [6.07, 6.45) is 7.91. The summed E-state index contributed by atoms with van der Waals surface area (Å²) in [5, 5.41) is 0.831. The lowest BCUT2D eigenvalue weighted by atomic mass is 10.0. The maximum absolute atomic E-state index is 15.1. The van der Waals surface area contributed by atoms with E-state index in [-0.39, 0.29) is 5.82 Å². The van der Waals surface area contributed by atoms with E-state index in [1.807, 2.05) is 18.2 Å². The van der Waals surface area contributed by atoms with E-state index in [1.54, 1.807) is 12.4 Å². The third-order valence-electron chi connectivity index (χ3n) is 6.81. The van der Waals surface area contributed by atoms with Crippen molar-refractivity contribution >= 4 is 22.4 Å². The standard InChI is InChI=1S/C27H27FN6O/c28-23-6-3-19(16-25-27(30-8-7-29-25)34-9-1-2-10-34)15-22(23)26-21-5-4-20(17-24(21)31-18-32-26)33-11-13-35-14-12-33/h3-8,15,17-18H,1-2,9-14,16H2. The number of hydrogen-bond acceptors (Lipinski definition) is 7. The fraction of sp³-hybridized carbons (Fsp3) is 0.333. The number of aromatic nitrogens is 4. The van der Waals surface area contributed by atoms with Gasteiger partial charge in [-0.25, -0.2) is 19.3 Å². The van der Waals surface area contributed by atoms with Crippen molar-refractivity contribution in [2.24, 2.45) is 0 Å². The maximum Gasteiger partial charge on any atom is 0.150 e. The van der Waals surface area contributed by atoms with E-state index in [1.165, 1.54) is 25.2 Å². The molecule has 2 aliphatic rings. The van der Waals surface area contributed by atoms with Crippen molar-refractivity contribution in [3.05, 3.63) is 72.2 Å². The fourth-order valence-corrected chi connectivity index (χ4v) is 5.01. The van der Waals surface area contributed by atoms with Crippen LogP contribution in [0.3, 0.4) is 0 Å². The zero-order valence-electron chi connectivity index (χ0n) is 19.5. The highest BCUT2D eigenvalue weighted by atomic mass is 19.1. The lowest BCUT2D eigenvalue weighted by molar-refractivity contribution is 0.122. The Morgan fingerprint density at radius 2 is 1.66 bits per heavy atom. The van der Waals surface area contributed by atoms with E-state index in [0.29, 0.717) is 17.7 Å². The molecule has 0 amide bonds. The molecule has 6 rings (SSSR count). The molecule has 2 aromatic heterocycles. The molecule has 2 fully saturated rings. The Balaban J connectivity index is 1.34. The van der Waals surface area contributed by atoms with Crippen molar-refractivity contribution < 1.29 is 9.13 Å². The van der Waals surface area contributed by atoms with E-state index in [2.05, 4.69) is 41.9 Å². The molecule has 35 heavy (non-hydrogen) atoms. The van der Waals surface area contributed by atoms with E-state index >= 15 is 4.39 Å². The second-order valence-corrected chi connectivity index (χ2v) is 9.03. The topological polar surface area (TPSA) is 67.3 Å². The van der Waals surface area contributed by atoms with E-state index < -0.39 is 0 Å². The minimum Gasteiger partial charge on any atom is -0.378 e. The largest absolute Gasteiger partial charge is 0.378 e. The zero-order valence-corrected chi connectivity index (χ0v) is 19.5. The number of ether oxygens (including phenoxy) is 1. The van der Waals surface area contributed by atoms with Crippen molar-refractivity contribution in [1.82, 2.24) is 19.9 Å². The van der Waals surface area contributed by atoms with Gasteiger partial charge in [-0.3, -0.25) is 4.98 Å². The van der Waals surface area contributed by atoms with Crippen molar-refractivity contribution in [1.29, 1.82) is 0 Å². The molecule has 0 spiro atoms. The average Bonchev–Trinajstić information content (AvgIpc) is 3.45. The predicted octanol–water partition coefficient (Wildman–Crippen LogP) is 4.25. The molecule has 2 aliphatic heterocycles. The van der Waals surface area contributed by atoms with Crippen LogP contribution in [-0.2, 0) is 11.2 Å². The second-order valence-electron chi connectivity index (χ2n) is 9.03. The molecule has 178 valence electrons. The van der Waals surface area contributed by atoms with Crippen molar-refractivity contribution in [3.8, 4) is 11.3 Å². The molecule has 0 N–H and O–H groups in total. The summed E-state index contributed by atoms with van der Waals surface area (Å²) in [6, 6.07) is 11.3. The Kier molecular flexibility index (Phi) is 5.96. The normalized spacial score (nSPS) is 16.3. The van der Waals surface area contributed by atoms with Gasteiger partial charge in [-0.05, 0) is 48.7 Å². The minimum atomic E-state index is -0.301. The first-order valence-corrected chi connectivity index (χ1v) is 12.2. The van der Waals surface area contributed by atoms with E-state index in [0.717, 1.165) is 73.1 Å². The number of hydrogen-bond donors (Lipinski definition) is 0. The molecule has 0 bridgehead atoms. The van der Waals surface area contributed by atoms with Crippen LogP contribution < -0.4 is 9.80 Å². The lowest BCUT2D eigenvalue weighted by Gasteiger charge is -2.29. The highest BCUT2D eigenvalue weighted by Crippen LogP contribution is 2.32. The molecule has 4 aromatic rings. The molecule has 7 nitrogen and oxygen atoms in total. The van der Waals surface area contributed by atoms with Crippen LogP contribution in [0.4, 0.5) is 15.9 Å². The van der Waals surface area contributed by atoms with Crippen molar-refractivity contribution in [2.75, 3.05) is 49.2 Å². The molecule has 0 atom stereocenters. The molecular formula is C27H27FN6O. The molecule has 8 heteroatoms. The van der Waals surface area contributed by atoms with Crippen molar-refractivity contribution in [2.45, 2.75) is 19.3 Å². The van der Waals surface area contributed by atoms with Gasteiger partial charge in [-0.1, -0.05) is 6.07 Å². The number of morpholine rings is 1. The van der Waals surface area contributed by atoms with Crippen LogP contribution in [0, 0.1) is 5.82 Å². The summed E-state index contributed by atoms with van der Waals surface area (Å²) < 4.78 is 20.6. The van der Waals surface area contributed by atoms with Gasteiger partial charge in [0.2, 0.25) is 0 Å². The Labute approximate surface area is 203 Å². The molecule has 2 aromatic carbocycles. The van der Waals surface area contributed by atoms with Gasteiger partial charge in [0.25, 0.3) is 0 Å². The van der Waals surface area contributed by atoms with Gasteiger partial charge in [0.15, 0.2) is 5.82 Å². The fourth-order valence-electron chi connectivity index (χ4n) is 5.01. The Hall–Kier alpha value is -3.65. The summed E-state index contributed by atoms with van der Waals surface area (Å²) in [5.74, 6) is 0.629. The van der Waals surface area contributed by atoms with Crippen LogP contribution in [-0.4, -0.2) is 59.3 Å². The summed E-state index contributed by atoms with van der Waals surface area (Å²) >= 11 is 0. The molecule has 4 heterocycles. The smallest absolute Gasteiger partial charge is 0.150 e. The van der Waals surface area contributed by atoms with Gasteiger partial charge in [-0.15, -0.1) is 0 Å². The zero-order chi connectivity index (χ0) is 23.6. The molecule has 0 aliphatic carbocycles. The Morgan fingerprint density at radius 1 is 0.829 bits per heavy atom. The molecule has 0 radical (unpaired) electrons. The number of halogens is 1. The number of fused-ring (bicyclic) bond motifs is 1. The van der Waals surface area contributed by atoms with Crippen molar-refractivity contribution in [3.63, 3.8) is 0 Å². The highest BCUT2D eigenvalue weighted by molar-refractivity contribution is 5.94. The summed E-state index contributed by atoms with van der Waals surface area (Å²) in [5.41, 5.74) is 4.85. The van der Waals surface area contributed by atoms with Gasteiger partial charge < -0.3 is 14.5 Å². The minimum absolute atomic E-state index is 0.301. The third kappa shape index (κ3) is 4.41. The van der Waals surface area contributed by atoms with E-state index in [4.69, 9.17) is 4.74 Å². The van der Waals surface area contributed by atoms with Crippen LogP contribution in [0.25, 0.3) is 22.2 Å². The monoisotopic (exact) mass is 470 g/mol. The SMILES string of the molecule is Fc1ccc(Cc2nccnc2N2CCCC2)cc1-c1ncnc2cc(N3CCOCC3)ccc12. The summed E-state index contributed by atoms with van der Waals surface area (Å²) in [4.78, 5) is 22.8. The third-order valence-corrected chi connectivity index (χ3v) is 6.81. The van der Waals surface area contributed by atoms with E-state index in [9.17, 15) is 0 Å². The van der Waals surface area contributed by atoms with Crippen LogP contribution >= 0.6 is 0 Å². The van der Waals surface area contributed by atoms with Gasteiger partial charge >= 0.3 is 0 Å². The number of benzene rings is 2. The van der Waals surface area contributed by atoms with Gasteiger partial charge in [0, 0.05) is 61.6 Å². The van der Waals surface area contributed by atoms with Gasteiger partial charge in [0.05, 0.1) is 30.1 Å². The van der Waals surface area contributed by atoms with Crippen LogP contribution in [0.1, 0.15) is 24.1 Å². The summed E-state index contributed by atoms with van der Waals surface area (Å²) in [6.45, 7) is 5.13. The van der Waals surface area contributed by atoms with Crippen LogP contribution in [0.2, 0.25) is 0 Å². The highest BCUT2D eigenvalue weighted by Gasteiger charge is 2.19. The second kappa shape index (κ2) is 9.54. The number of anilines is 2. The first-order chi connectivity index (χ1) is 17.3.